The van der Waals surface area contributed by atoms with Gasteiger partial charge in [0, 0.05) is 5.69 Å². The number of nitrogens with one attached hydrogen (secondary N) is 1. The fourth-order valence-electron chi connectivity index (χ4n) is 3.61. The summed E-state index contributed by atoms with van der Waals surface area (Å²) < 4.78 is 12.7. The van der Waals surface area contributed by atoms with Crippen molar-refractivity contribution in [1.29, 1.82) is 0 Å². The molecule has 1 N–H and O–H groups in total. The van der Waals surface area contributed by atoms with Gasteiger partial charge in [0.1, 0.15) is 12.3 Å². The van der Waals surface area contributed by atoms with Crippen molar-refractivity contribution >= 4 is 23.8 Å². The molecule has 1 amide bonds. The molecule has 0 radical (unpaired) electrons. The Morgan fingerprint density at radius 3 is 2.73 bits per heavy atom. The number of carbonyl (C=O) groups is 1. The lowest BCUT2D eigenvalue weighted by Gasteiger charge is -2.16. The van der Waals surface area contributed by atoms with Gasteiger partial charge in [-0.15, -0.1) is 5.10 Å². The van der Waals surface area contributed by atoms with Gasteiger partial charge in [-0.25, -0.2) is 4.68 Å². The first-order valence-corrected chi connectivity index (χ1v) is 10.6. The summed E-state index contributed by atoms with van der Waals surface area (Å²) in [4.78, 5) is 12.5. The minimum Gasteiger partial charge on any atom is -0.484 e. The van der Waals surface area contributed by atoms with E-state index in [1.165, 1.54) is 34.2 Å². The van der Waals surface area contributed by atoms with Gasteiger partial charge in [-0.2, -0.15) is 0 Å². The number of aromatic nitrogens is 2. The normalized spacial score (nSPS) is 13.0. The zero-order valence-corrected chi connectivity index (χ0v) is 18.1. The van der Waals surface area contributed by atoms with Crippen LogP contribution in [-0.4, -0.2) is 15.7 Å². The fourth-order valence-corrected chi connectivity index (χ4v) is 3.81. The Morgan fingerprint density at radius 1 is 1.13 bits per heavy atom. The maximum atomic E-state index is 12.4. The minimum atomic E-state index is -0.218. The van der Waals surface area contributed by atoms with Crippen LogP contribution < -0.4 is 10.1 Å². The molecular weight excluding hydrogens is 398 g/mol. The van der Waals surface area contributed by atoms with Gasteiger partial charge in [-0.1, -0.05) is 12.1 Å². The number of nitrogens with zero attached hydrogens (tertiary/aromatic N) is 2. The maximum absolute atomic E-state index is 12.4. The van der Waals surface area contributed by atoms with Crippen molar-refractivity contribution in [1.82, 2.24) is 9.78 Å². The molecule has 1 aliphatic rings. The summed E-state index contributed by atoms with van der Waals surface area (Å²) in [5.41, 5.74) is 5.80. The number of anilines is 1. The highest BCUT2D eigenvalue weighted by Gasteiger charge is 2.13. The van der Waals surface area contributed by atoms with Gasteiger partial charge in [0.25, 0.3) is 10.7 Å². The molecule has 3 aromatic rings. The number of fused-ring (bicyclic) bond motifs is 1. The van der Waals surface area contributed by atoms with Gasteiger partial charge >= 0.3 is 0 Å². The van der Waals surface area contributed by atoms with Crippen molar-refractivity contribution in [2.24, 2.45) is 0 Å². The van der Waals surface area contributed by atoms with Crippen molar-refractivity contribution < 1.29 is 13.9 Å². The van der Waals surface area contributed by atoms with Crippen LogP contribution in [0.3, 0.4) is 0 Å². The van der Waals surface area contributed by atoms with E-state index in [4.69, 9.17) is 21.4 Å². The molecule has 1 heterocycles. The van der Waals surface area contributed by atoms with Gasteiger partial charge in [0.2, 0.25) is 5.91 Å². The Balaban J connectivity index is 1.36. The number of ether oxygens (including phenoxy) is 1. The molecule has 0 spiro atoms. The molecular formula is C23H25N3O3S. The molecule has 0 saturated carbocycles. The number of aryl methyl sites for hydroxylation is 4. The van der Waals surface area contributed by atoms with Crippen LogP contribution in [0.25, 0.3) is 0 Å². The van der Waals surface area contributed by atoms with Crippen molar-refractivity contribution in [3.05, 3.63) is 69.4 Å². The predicted octanol–water partition coefficient (Wildman–Crippen LogP) is 4.92. The lowest BCUT2D eigenvalue weighted by Crippen LogP contribution is -2.19. The first kappa shape index (κ1) is 20.3. The lowest BCUT2D eigenvalue weighted by atomic mass is 9.92. The number of rotatable bonds is 6. The molecule has 7 heteroatoms. The average molecular weight is 424 g/mol. The van der Waals surface area contributed by atoms with Crippen LogP contribution in [0, 0.1) is 18.7 Å². The van der Waals surface area contributed by atoms with E-state index in [1.807, 2.05) is 38.1 Å². The Morgan fingerprint density at radius 2 is 1.93 bits per heavy atom. The van der Waals surface area contributed by atoms with Gasteiger partial charge in [-0.3, -0.25) is 4.79 Å². The monoisotopic (exact) mass is 423 g/mol. The van der Waals surface area contributed by atoms with Crippen molar-refractivity contribution in [2.45, 2.75) is 52.7 Å². The number of hydrogen-bond acceptors (Lipinski definition) is 5. The molecule has 0 atom stereocenters. The largest absolute Gasteiger partial charge is 0.484 e. The zero-order valence-electron chi connectivity index (χ0n) is 17.2. The molecule has 1 aromatic heterocycles. The first-order chi connectivity index (χ1) is 14.5. The molecule has 0 unspecified atom stereocenters. The molecule has 1 aliphatic carbocycles. The summed E-state index contributed by atoms with van der Waals surface area (Å²) in [6, 6.07) is 12.0. The van der Waals surface area contributed by atoms with E-state index >= 15 is 0 Å². The van der Waals surface area contributed by atoms with Gasteiger partial charge in [0.05, 0.1) is 0 Å². The smallest absolute Gasteiger partial charge is 0.287 e. The first-order valence-electron chi connectivity index (χ1n) is 10.2. The molecule has 2 aromatic carbocycles. The van der Waals surface area contributed by atoms with Crippen molar-refractivity contribution in [2.75, 3.05) is 5.32 Å². The third kappa shape index (κ3) is 4.79. The molecule has 6 nitrogen and oxygen atoms in total. The molecule has 156 valence electrons. The van der Waals surface area contributed by atoms with E-state index in [-0.39, 0.29) is 23.9 Å². The van der Waals surface area contributed by atoms with Crippen LogP contribution in [0.1, 0.15) is 41.0 Å². The van der Waals surface area contributed by atoms with E-state index in [0.29, 0.717) is 5.89 Å². The van der Waals surface area contributed by atoms with Crippen LogP contribution in [0.4, 0.5) is 5.69 Å². The molecule has 0 bridgehead atoms. The third-order valence-electron chi connectivity index (χ3n) is 5.41. The van der Waals surface area contributed by atoms with Crippen LogP contribution in [0.5, 0.6) is 5.75 Å². The van der Waals surface area contributed by atoms with E-state index in [9.17, 15) is 4.79 Å². The number of carbonyl (C=O) groups excluding carboxylic acids is 1. The van der Waals surface area contributed by atoms with Crippen LogP contribution in [0.15, 0.2) is 40.8 Å². The van der Waals surface area contributed by atoms with Gasteiger partial charge in [0.15, 0.2) is 6.61 Å². The Labute approximate surface area is 180 Å². The topological polar surface area (TPSA) is 69.3 Å². The summed E-state index contributed by atoms with van der Waals surface area (Å²) in [7, 11) is 0. The fraction of sp³-hybridized carbons (Fsp3) is 0.348. The van der Waals surface area contributed by atoms with Crippen LogP contribution >= 0.6 is 12.2 Å². The quantitative estimate of drug-likeness (QED) is 0.570. The average Bonchev–Trinajstić information content (AvgIpc) is 3.08. The van der Waals surface area contributed by atoms with Crippen molar-refractivity contribution in [3.63, 3.8) is 0 Å². The second kappa shape index (κ2) is 8.83. The molecule has 0 aliphatic heterocycles. The molecule has 30 heavy (non-hydrogen) atoms. The Bertz CT molecular complexity index is 1130. The number of hydrogen-bond donors (Lipinski definition) is 1. The highest BCUT2D eigenvalue weighted by Crippen LogP contribution is 2.25. The second-order valence-corrected chi connectivity index (χ2v) is 8.04. The predicted molar refractivity (Wildman–Crippen MR) is 117 cm³/mol. The van der Waals surface area contributed by atoms with Crippen molar-refractivity contribution in [3.8, 4) is 5.75 Å². The molecule has 0 saturated heterocycles. The van der Waals surface area contributed by atoms with E-state index < -0.39 is 0 Å². The van der Waals surface area contributed by atoms with Gasteiger partial charge < -0.3 is 14.5 Å². The van der Waals surface area contributed by atoms with E-state index in [0.717, 1.165) is 29.8 Å². The highest BCUT2D eigenvalue weighted by atomic mass is 32.1. The summed E-state index contributed by atoms with van der Waals surface area (Å²) >= 11 is 5.20. The summed E-state index contributed by atoms with van der Waals surface area (Å²) in [5, 5.41) is 7.15. The number of amides is 1. The Hall–Kier alpha value is -2.93. The molecule has 0 fully saturated rings. The number of benzene rings is 2. The molecule has 4 rings (SSSR count). The minimum absolute atomic E-state index is 0.0197. The lowest BCUT2D eigenvalue weighted by molar-refractivity contribution is -0.117. The summed E-state index contributed by atoms with van der Waals surface area (Å²) in [5.74, 6) is 0.917. The summed E-state index contributed by atoms with van der Waals surface area (Å²) in [6.07, 6.45) is 4.71. The standard InChI is InChI=1S/C23H25N3O3S/c1-15-7-9-19(11-16(15)2)24-21(27)13-26-23(30)29-22(25-26)14-28-20-10-8-17-5-3-4-6-18(17)12-20/h7-12H,3-6,13-14H2,1-2H3,(H,24,27). The van der Waals surface area contributed by atoms with E-state index in [2.05, 4.69) is 22.5 Å². The Kier molecular flexibility index (Phi) is 5.99. The van der Waals surface area contributed by atoms with Crippen LogP contribution in [0.2, 0.25) is 0 Å². The highest BCUT2D eigenvalue weighted by molar-refractivity contribution is 7.71. The maximum Gasteiger partial charge on any atom is 0.287 e. The van der Waals surface area contributed by atoms with E-state index in [1.54, 1.807) is 0 Å². The van der Waals surface area contributed by atoms with Gasteiger partial charge in [-0.05, 0) is 98.3 Å². The zero-order chi connectivity index (χ0) is 21.1. The second-order valence-electron chi connectivity index (χ2n) is 7.69. The SMILES string of the molecule is Cc1ccc(NC(=O)Cn2nc(COc3ccc4c(c3)CCCC4)oc2=S)cc1C. The van der Waals surface area contributed by atoms with Crippen LogP contribution in [-0.2, 0) is 30.8 Å². The summed E-state index contributed by atoms with van der Waals surface area (Å²) in [6.45, 7) is 4.18. The third-order valence-corrected chi connectivity index (χ3v) is 5.71.